The van der Waals surface area contributed by atoms with Crippen LogP contribution in [0.15, 0.2) is 54.2 Å². The minimum Gasteiger partial charge on any atom is -0.505 e. The Labute approximate surface area is 186 Å². The fourth-order valence-corrected chi connectivity index (χ4v) is 4.15. The summed E-state index contributed by atoms with van der Waals surface area (Å²) in [5.74, 6) is -0.667. The molecule has 4 N–H and O–H groups in total. The predicted molar refractivity (Wildman–Crippen MR) is 119 cm³/mol. The number of fused-ring (bicyclic) bond motifs is 1. The van der Waals surface area contributed by atoms with E-state index in [1.807, 2.05) is 36.4 Å². The monoisotopic (exact) mass is 437 g/mol. The minimum absolute atomic E-state index is 0.0162. The van der Waals surface area contributed by atoms with E-state index >= 15 is 0 Å². The molecule has 1 fully saturated rings. The smallest absolute Gasteiger partial charge is 0.322 e. The molecule has 2 heterocycles. The van der Waals surface area contributed by atoms with Crippen molar-refractivity contribution >= 4 is 17.6 Å². The number of rotatable bonds is 7. The van der Waals surface area contributed by atoms with Crippen molar-refractivity contribution in [2.24, 2.45) is 0 Å². The summed E-state index contributed by atoms with van der Waals surface area (Å²) in [5, 5.41) is 25.2. The molecule has 2 aliphatic heterocycles. The topological polar surface area (TPSA) is 111 Å². The highest BCUT2D eigenvalue weighted by molar-refractivity contribution is 6.01. The molecule has 0 bridgehead atoms. The second-order valence-corrected chi connectivity index (χ2v) is 8.02. The number of para-hydroxylation sites is 1. The van der Waals surface area contributed by atoms with Gasteiger partial charge in [0.25, 0.3) is 5.91 Å². The average Bonchev–Trinajstić information content (AvgIpc) is 2.80. The fourth-order valence-electron chi connectivity index (χ4n) is 4.15. The molecule has 0 saturated carbocycles. The molecular formula is C24H27N3O5. The molecule has 2 aromatic carbocycles. The number of carboxylic acid groups (broad SMARTS) is 1. The van der Waals surface area contributed by atoms with E-state index in [9.17, 15) is 14.7 Å². The van der Waals surface area contributed by atoms with Crippen LogP contribution in [0, 0.1) is 0 Å². The van der Waals surface area contributed by atoms with Gasteiger partial charge in [0.1, 0.15) is 23.7 Å². The van der Waals surface area contributed by atoms with Crippen LogP contribution < -0.4 is 15.4 Å². The first kappa shape index (κ1) is 21.7. The summed E-state index contributed by atoms with van der Waals surface area (Å²) in [6, 6.07) is 14.5. The van der Waals surface area contributed by atoms with Crippen molar-refractivity contribution in [2.75, 3.05) is 26.2 Å². The van der Waals surface area contributed by atoms with Crippen molar-refractivity contribution < 1.29 is 24.5 Å². The number of aliphatic hydroxyl groups is 1. The van der Waals surface area contributed by atoms with Gasteiger partial charge in [0.15, 0.2) is 5.76 Å². The van der Waals surface area contributed by atoms with Crippen molar-refractivity contribution in [2.45, 2.75) is 25.3 Å². The van der Waals surface area contributed by atoms with Crippen LogP contribution in [0.2, 0.25) is 0 Å². The summed E-state index contributed by atoms with van der Waals surface area (Å²) in [6.45, 7) is 2.09. The van der Waals surface area contributed by atoms with E-state index in [1.54, 1.807) is 12.1 Å². The highest BCUT2D eigenvalue weighted by Crippen LogP contribution is 2.35. The Bertz CT molecular complexity index is 1020. The van der Waals surface area contributed by atoms with Gasteiger partial charge >= 0.3 is 5.97 Å². The maximum Gasteiger partial charge on any atom is 0.322 e. The Morgan fingerprint density at radius 1 is 1.06 bits per heavy atom. The van der Waals surface area contributed by atoms with Gasteiger partial charge < -0.3 is 30.5 Å². The Morgan fingerprint density at radius 3 is 2.53 bits per heavy atom. The SMILES string of the molecule is O=C(O)CNC(=O)C1=C(O)c2ccc(Oc3ccccc3)cc2C(CN2CCCCC2)N1. The third-order valence-electron chi connectivity index (χ3n) is 5.70. The van der Waals surface area contributed by atoms with Gasteiger partial charge in [0.05, 0.1) is 6.04 Å². The molecule has 0 spiro atoms. The molecule has 0 aliphatic carbocycles. The maximum absolute atomic E-state index is 12.6. The van der Waals surface area contributed by atoms with E-state index in [0.29, 0.717) is 23.6 Å². The van der Waals surface area contributed by atoms with Crippen LogP contribution in [0.1, 0.15) is 36.4 Å². The Morgan fingerprint density at radius 2 is 1.81 bits per heavy atom. The molecule has 1 amide bonds. The number of aliphatic hydroxyl groups excluding tert-OH is 1. The van der Waals surface area contributed by atoms with Gasteiger partial charge in [-0.05, 0) is 61.8 Å². The van der Waals surface area contributed by atoms with E-state index in [-0.39, 0.29) is 17.5 Å². The molecule has 8 nitrogen and oxygen atoms in total. The lowest BCUT2D eigenvalue weighted by atomic mass is 9.92. The maximum atomic E-state index is 12.6. The van der Waals surface area contributed by atoms with Crippen LogP contribution >= 0.6 is 0 Å². The molecular weight excluding hydrogens is 410 g/mol. The van der Waals surface area contributed by atoms with Crippen LogP contribution in [-0.4, -0.2) is 53.2 Å². The number of hydrogen-bond acceptors (Lipinski definition) is 6. The highest BCUT2D eigenvalue weighted by atomic mass is 16.5. The minimum atomic E-state index is -1.15. The van der Waals surface area contributed by atoms with Crippen molar-refractivity contribution in [3.05, 3.63) is 65.4 Å². The second-order valence-electron chi connectivity index (χ2n) is 8.02. The number of nitrogens with zero attached hydrogens (tertiary/aromatic N) is 1. The van der Waals surface area contributed by atoms with Crippen LogP contribution in [0.5, 0.6) is 11.5 Å². The number of carbonyl (C=O) groups excluding carboxylic acids is 1. The third-order valence-corrected chi connectivity index (χ3v) is 5.70. The van der Waals surface area contributed by atoms with Gasteiger partial charge in [-0.2, -0.15) is 0 Å². The molecule has 1 saturated heterocycles. The highest BCUT2D eigenvalue weighted by Gasteiger charge is 2.31. The summed E-state index contributed by atoms with van der Waals surface area (Å²) >= 11 is 0. The van der Waals surface area contributed by atoms with Gasteiger partial charge in [-0.1, -0.05) is 24.6 Å². The normalized spacial score (nSPS) is 18.4. The first-order valence-electron chi connectivity index (χ1n) is 10.8. The zero-order valence-corrected chi connectivity index (χ0v) is 17.7. The van der Waals surface area contributed by atoms with Crippen molar-refractivity contribution in [3.8, 4) is 11.5 Å². The van der Waals surface area contributed by atoms with E-state index in [1.165, 1.54) is 6.42 Å². The molecule has 8 heteroatoms. The predicted octanol–water partition coefficient (Wildman–Crippen LogP) is 3.04. The molecule has 168 valence electrons. The number of ether oxygens (including phenoxy) is 1. The van der Waals surface area contributed by atoms with Crippen molar-refractivity contribution in [1.29, 1.82) is 0 Å². The Balaban J connectivity index is 1.64. The van der Waals surface area contributed by atoms with Gasteiger partial charge in [0, 0.05) is 12.1 Å². The van der Waals surface area contributed by atoms with Crippen LogP contribution in [0.4, 0.5) is 0 Å². The summed E-state index contributed by atoms with van der Waals surface area (Å²) < 4.78 is 5.97. The number of carboxylic acids is 1. The number of benzene rings is 2. The molecule has 1 unspecified atom stereocenters. The van der Waals surface area contributed by atoms with Crippen LogP contribution in [0.25, 0.3) is 5.76 Å². The molecule has 2 aromatic rings. The quantitative estimate of drug-likeness (QED) is 0.527. The molecule has 0 aromatic heterocycles. The average molecular weight is 437 g/mol. The third kappa shape index (κ3) is 5.03. The Kier molecular flexibility index (Phi) is 6.61. The standard InChI is InChI=1S/C24H27N3O5/c28-21(29)14-25-24(31)22-23(30)18-10-9-17(32-16-7-3-1-4-8-16)13-19(18)20(26-22)15-27-11-5-2-6-12-27/h1,3-4,7-10,13,20,26,30H,2,5-6,11-12,14-15H2,(H,25,31)(H,28,29). The molecule has 4 rings (SSSR count). The molecule has 0 radical (unpaired) electrons. The summed E-state index contributed by atoms with van der Waals surface area (Å²) in [4.78, 5) is 25.8. The molecule has 2 aliphatic rings. The lowest BCUT2D eigenvalue weighted by Gasteiger charge is -2.35. The van der Waals surface area contributed by atoms with Gasteiger partial charge in [-0.25, -0.2) is 0 Å². The number of hydrogen-bond donors (Lipinski definition) is 4. The van der Waals surface area contributed by atoms with Gasteiger partial charge in [-0.15, -0.1) is 0 Å². The lowest BCUT2D eigenvalue weighted by Crippen LogP contribution is -2.43. The van der Waals surface area contributed by atoms with Gasteiger partial charge in [-0.3, -0.25) is 9.59 Å². The summed E-state index contributed by atoms with van der Waals surface area (Å²) in [7, 11) is 0. The second kappa shape index (κ2) is 9.74. The largest absolute Gasteiger partial charge is 0.505 e. The van der Waals surface area contributed by atoms with Crippen molar-refractivity contribution in [3.63, 3.8) is 0 Å². The fraction of sp³-hybridized carbons (Fsp3) is 0.333. The lowest BCUT2D eigenvalue weighted by molar-refractivity contribution is -0.137. The van der Waals surface area contributed by atoms with E-state index in [0.717, 1.165) is 31.5 Å². The first-order valence-corrected chi connectivity index (χ1v) is 10.8. The van der Waals surface area contributed by atoms with Crippen molar-refractivity contribution in [1.82, 2.24) is 15.5 Å². The van der Waals surface area contributed by atoms with E-state index in [2.05, 4.69) is 15.5 Å². The number of aliphatic carboxylic acids is 1. The number of carbonyl (C=O) groups is 2. The number of amides is 1. The zero-order valence-electron chi connectivity index (χ0n) is 17.7. The number of nitrogens with one attached hydrogen (secondary N) is 2. The molecule has 32 heavy (non-hydrogen) atoms. The zero-order chi connectivity index (χ0) is 22.5. The summed E-state index contributed by atoms with van der Waals surface area (Å²) in [6.07, 6.45) is 3.47. The number of piperidine rings is 1. The van der Waals surface area contributed by atoms with Crippen LogP contribution in [-0.2, 0) is 9.59 Å². The van der Waals surface area contributed by atoms with Gasteiger partial charge in [0.2, 0.25) is 0 Å². The van der Waals surface area contributed by atoms with Crippen LogP contribution in [0.3, 0.4) is 0 Å². The summed E-state index contributed by atoms with van der Waals surface area (Å²) in [5.41, 5.74) is 1.35. The Hall–Kier alpha value is -3.52. The first-order chi connectivity index (χ1) is 15.5. The number of likely N-dealkylation sites (tertiary alicyclic amines) is 1. The van der Waals surface area contributed by atoms with E-state index < -0.39 is 18.4 Å². The van der Waals surface area contributed by atoms with E-state index in [4.69, 9.17) is 9.84 Å². The molecule has 1 atom stereocenters.